The number of nitrogens with one attached hydrogen (secondary N) is 1. The zero-order valence-corrected chi connectivity index (χ0v) is 14.0. The van der Waals surface area contributed by atoms with E-state index < -0.39 is 34.8 Å². The highest BCUT2D eigenvalue weighted by Gasteiger charge is 2.42. The summed E-state index contributed by atoms with van der Waals surface area (Å²) in [6.45, 7) is -1.05. The highest BCUT2D eigenvalue weighted by atomic mass is 32.2. The number of benzene rings is 1. The fourth-order valence-electron chi connectivity index (χ4n) is 1.72. The van der Waals surface area contributed by atoms with E-state index in [9.17, 15) is 26.4 Å². The summed E-state index contributed by atoms with van der Waals surface area (Å²) < 4.78 is 67.7. The molecule has 0 aliphatic rings. The van der Waals surface area contributed by atoms with Crippen LogP contribution >= 0.6 is 0 Å². The normalized spacial score (nSPS) is 13.8. The van der Waals surface area contributed by atoms with Crippen molar-refractivity contribution in [3.8, 4) is 0 Å². The van der Waals surface area contributed by atoms with E-state index >= 15 is 0 Å². The second-order valence-corrected chi connectivity index (χ2v) is 7.39. The third-order valence-electron chi connectivity index (χ3n) is 3.02. The lowest BCUT2D eigenvalue weighted by atomic mass is 10.1. The lowest BCUT2D eigenvalue weighted by Crippen LogP contribution is -2.36. The molecule has 0 saturated heterocycles. The summed E-state index contributed by atoms with van der Waals surface area (Å²) in [7, 11) is -0.811. The molecule has 6 nitrogen and oxygen atoms in total. The van der Waals surface area contributed by atoms with Gasteiger partial charge in [0, 0.05) is 20.6 Å². The minimum atomic E-state index is -4.67. The van der Waals surface area contributed by atoms with Crippen LogP contribution < -0.4 is 5.32 Å². The third-order valence-corrected chi connectivity index (χ3v) is 4.85. The van der Waals surface area contributed by atoms with Gasteiger partial charge in [-0.25, -0.2) is 12.7 Å². The van der Waals surface area contributed by atoms with Gasteiger partial charge in [-0.15, -0.1) is 0 Å². The Morgan fingerprint density at radius 2 is 1.83 bits per heavy atom. The molecule has 0 saturated carbocycles. The molecule has 0 spiro atoms. The Morgan fingerprint density at radius 1 is 1.25 bits per heavy atom. The number of carbonyl (C=O) groups is 1. The predicted molar refractivity (Wildman–Crippen MR) is 81.7 cm³/mol. The number of sulfonamides is 1. The van der Waals surface area contributed by atoms with E-state index in [1.807, 2.05) is 0 Å². The lowest BCUT2D eigenvalue weighted by Gasteiger charge is -2.21. The van der Waals surface area contributed by atoms with Gasteiger partial charge in [-0.2, -0.15) is 13.2 Å². The molecular formula is C14H19F3N2O4S. The Kier molecular flexibility index (Phi) is 7.18. The molecule has 0 aliphatic heterocycles. The summed E-state index contributed by atoms with van der Waals surface area (Å²) in [5.74, 6) is -1.18. The number of rotatable bonds is 8. The molecule has 1 aromatic carbocycles. The first-order valence-electron chi connectivity index (χ1n) is 6.94. The van der Waals surface area contributed by atoms with Crippen LogP contribution in [0.5, 0.6) is 0 Å². The van der Waals surface area contributed by atoms with E-state index in [0.29, 0.717) is 0 Å². The van der Waals surface area contributed by atoms with Crippen molar-refractivity contribution in [2.75, 3.05) is 33.0 Å². The van der Waals surface area contributed by atoms with Crippen molar-refractivity contribution in [3.63, 3.8) is 0 Å². The number of carbonyl (C=O) groups excluding carboxylic acids is 1. The van der Waals surface area contributed by atoms with Gasteiger partial charge in [-0.1, -0.05) is 30.3 Å². The molecule has 1 atom stereocenters. The van der Waals surface area contributed by atoms with Crippen molar-refractivity contribution >= 4 is 15.9 Å². The molecule has 0 radical (unpaired) electrons. The van der Waals surface area contributed by atoms with Crippen molar-refractivity contribution in [3.05, 3.63) is 35.9 Å². The fourth-order valence-corrected chi connectivity index (χ4v) is 2.44. The van der Waals surface area contributed by atoms with Gasteiger partial charge < -0.3 is 10.1 Å². The van der Waals surface area contributed by atoms with Crippen LogP contribution in [0.2, 0.25) is 0 Å². The first kappa shape index (κ1) is 20.4. The van der Waals surface area contributed by atoms with Crippen LogP contribution in [0.4, 0.5) is 13.2 Å². The maximum Gasteiger partial charge on any atom is 0.418 e. The minimum absolute atomic E-state index is 0.118. The Morgan fingerprint density at radius 3 is 2.33 bits per heavy atom. The second kappa shape index (κ2) is 8.45. The minimum Gasteiger partial charge on any atom is -0.354 e. The third kappa shape index (κ3) is 6.46. The summed E-state index contributed by atoms with van der Waals surface area (Å²) >= 11 is 0. The van der Waals surface area contributed by atoms with E-state index in [2.05, 4.69) is 10.1 Å². The summed E-state index contributed by atoms with van der Waals surface area (Å²) in [5, 5.41) is 2.21. The van der Waals surface area contributed by atoms with Crippen LogP contribution in [0.25, 0.3) is 0 Å². The molecule has 10 heteroatoms. The molecule has 0 aliphatic carbocycles. The molecule has 0 heterocycles. The van der Waals surface area contributed by atoms with E-state index in [1.165, 1.54) is 38.4 Å². The smallest absolute Gasteiger partial charge is 0.354 e. The largest absolute Gasteiger partial charge is 0.418 e. The molecule has 1 rings (SSSR count). The van der Waals surface area contributed by atoms with Gasteiger partial charge in [0.2, 0.25) is 15.9 Å². The molecular weight excluding hydrogens is 349 g/mol. The van der Waals surface area contributed by atoms with Crippen LogP contribution in [-0.2, 0) is 19.6 Å². The maximum absolute atomic E-state index is 13.0. The summed E-state index contributed by atoms with van der Waals surface area (Å²) in [5.41, 5.74) is -0.118. The number of hydrogen-bond donors (Lipinski definition) is 1. The first-order chi connectivity index (χ1) is 11.0. The Labute approximate surface area is 138 Å². The van der Waals surface area contributed by atoms with Crippen LogP contribution in [0.3, 0.4) is 0 Å². The van der Waals surface area contributed by atoms with Crippen molar-refractivity contribution < 1.29 is 31.1 Å². The van der Waals surface area contributed by atoms with Gasteiger partial charge in [0.15, 0.2) is 6.10 Å². The highest BCUT2D eigenvalue weighted by molar-refractivity contribution is 7.89. The van der Waals surface area contributed by atoms with Gasteiger partial charge in [0.25, 0.3) is 0 Å². The predicted octanol–water partition coefficient (Wildman–Crippen LogP) is 1.31. The van der Waals surface area contributed by atoms with Crippen molar-refractivity contribution in [2.45, 2.75) is 12.3 Å². The maximum atomic E-state index is 13.0. The van der Waals surface area contributed by atoms with Crippen molar-refractivity contribution in [2.24, 2.45) is 0 Å². The molecule has 24 heavy (non-hydrogen) atoms. The standard InChI is InChI=1S/C14H19F3N2O4S/c1-19(2)24(21,22)9-8-18-12(20)10-23-13(14(15,16)17)11-6-4-3-5-7-11/h3-7,13H,8-10H2,1-2H3,(H,18,20). The number of hydrogen-bond acceptors (Lipinski definition) is 4. The number of amides is 1. The Bertz CT molecular complexity index is 633. The van der Waals surface area contributed by atoms with Crippen LogP contribution in [0, 0.1) is 0 Å². The molecule has 1 amide bonds. The average Bonchev–Trinajstić information content (AvgIpc) is 2.46. The first-order valence-corrected chi connectivity index (χ1v) is 8.55. The van der Waals surface area contributed by atoms with E-state index in [-0.39, 0.29) is 17.9 Å². The SMILES string of the molecule is CN(C)S(=O)(=O)CCNC(=O)COC(c1ccccc1)C(F)(F)F. The van der Waals surface area contributed by atoms with Gasteiger partial charge in [0.05, 0.1) is 5.75 Å². The average molecular weight is 368 g/mol. The Balaban J connectivity index is 2.55. The highest BCUT2D eigenvalue weighted by Crippen LogP contribution is 2.35. The van der Waals surface area contributed by atoms with Crippen molar-refractivity contribution in [1.29, 1.82) is 0 Å². The summed E-state index contributed by atoms with van der Waals surface area (Å²) in [4.78, 5) is 11.5. The fraction of sp³-hybridized carbons (Fsp3) is 0.500. The topological polar surface area (TPSA) is 75.7 Å². The van der Waals surface area contributed by atoms with Crippen LogP contribution in [0.1, 0.15) is 11.7 Å². The van der Waals surface area contributed by atoms with E-state index in [0.717, 1.165) is 4.31 Å². The van der Waals surface area contributed by atoms with Crippen molar-refractivity contribution in [1.82, 2.24) is 9.62 Å². The quantitative estimate of drug-likeness (QED) is 0.751. The van der Waals surface area contributed by atoms with Gasteiger partial charge in [-0.3, -0.25) is 4.79 Å². The zero-order valence-electron chi connectivity index (χ0n) is 13.2. The van der Waals surface area contributed by atoms with Gasteiger partial charge >= 0.3 is 6.18 Å². The molecule has 1 N–H and O–H groups in total. The van der Waals surface area contributed by atoms with E-state index in [4.69, 9.17) is 0 Å². The van der Waals surface area contributed by atoms with Crippen LogP contribution in [-0.4, -0.2) is 57.8 Å². The molecule has 0 bridgehead atoms. The van der Waals surface area contributed by atoms with Gasteiger partial charge in [0.1, 0.15) is 6.61 Å². The lowest BCUT2D eigenvalue weighted by molar-refractivity contribution is -0.223. The zero-order chi connectivity index (χ0) is 18.4. The van der Waals surface area contributed by atoms with Gasteiger partial charge in [-0.05, 0) is 5.56 Å². The molecule has 1 aromatic rings. The molecule has 0 fully saturated rings. The van der Waals surface area contributed by atoms with Crippen LogP contribution in [0.15, 0.2) is 30.3 Å². The Hall–Kier alpha value is -1.65. The monoisotopic (exact) mass is 368 g/mol. The number of halogens is 3. The van der Waals surface area contributed by atoms with E-state index in [1.54, 1.807) is 6.07 Å². The molecule has 0 aromatic heterocycles. The second-order valence-electron chi connectivity index (χ2n) is 5.09. The molecule has 1 unspecified atom stereocenters. The summed E-state index contributed by atoms with van der Waals surface area (Å²) in [6.07, 6.45) is -6.90. The number of ether oxygens (including phenoxy) is 1. The number of alkyl halides is 3. The summed E-state index contributed by atoms with van der Waals surface area (Å²) in [6, 6.07) is 6.93. The number of nitrogens with zero attached hydrogens (tertiary/aromatic N) is 1. The molecule has 136 valence electrons.